The Morgan fingerprint density at radius 2 is 1.63 bits per heavy atom. The number of nitrogens with zero attached hydrogens (tertiary/aromatic N) is 4. The predicted molar refractivity (Wildman–Crippen MR) is 73.1 cm³/mol. The quantitative estimate of drug-likeness (QED) is 0.769. The van der Waals surface area contributed by atoms with Gasteiger partial charge in [0.25, 0.3) is 0 Å². The van der Waals surface area contributed by atoms with Crippen molar-refractivity contribution in [2.24, 2.45) is 0 Å². The van der Waals surface area contributed by atoms with Gasteiger partial charge in [0.05, 0.1) is 24.2 Å². The van der Waals surface area contributed by atoms with Gasteiger partial charge in [-0.05, 0) is 30.7 Å². The molecule has 0 aromatic heterocycles. The molecular weight excluding hydrogens is 236 g/mol. The highest BCUT2D eigenvalue weighted by atomic mass is 15.2. The Labute approximate surface area is 114 Å². The molecule has 1 fully saturated rings. The number of hydrogen-bond donors (Lipinski definition) is 0. The van der Waals surface area contributed by atoms with Crippen LogP contribution in [0.4, 0.5) is 0 Å². The maximum Gasteiger partial charge on any atom is 0.0991 e. The van der Waals surface area contributed by atoms with Gasteiger partial charge in [0.2, 0.25) is 0 Å². The summed E-state index contributed by atoms with van der Waals surface area (Å²) < 4.78 is 0. The summed E-state index contributed by atoms with van der Waals surface area (Å²) in [4.78, 5) is 4.62. The molecule has 0 unspecified atom stereocenters. The smallest absolute Gasteiger partial charge is 0.0991 e. The van der Waals surface area contributed by atoms with Gasteiger partial charge in [-0.3, -0.25) is 9.80 Å². The average Bonchev–Trinajstić information content (AvgIpc) is 2.66. The summed E-state index contributed by atoms with van der Waals surface area (Å²) in [6.45, 7) is 5.50. The summed E-state index contributed by atoms with van der Waals surface area (Å²) in [6.07, 6.45) is 1.11. The molecule has 1 aliphatic rings. The molecule has 98 valence electrons. The third kappa shape index (κ3) is 4.06. The number of hydrogen-bond acceptors (Lipinski definition) is 4. The van der Waals surface area contributed by atoms with Gasteiger partial charge in [-0.2, -0.15) is 10.5 Å². The van der Waals surface area contributed by atoms with Crippen molar-refractivity contribution >= 4 is 0 Å². The Hall–Kier alpha value is -1.88. The van der Waals surface area contributed by atoms with Crippen molar-refractivity contribution in [3.8, 4) is 12.1 Å². The van der Waals surface area contributed by atoms with Crippen molar-refractivity contribution in [3.63, 3.8) is 0 Å². The standard InChI is InChI=1S/C15H18N4/c16-6-9-18-7-1-8-19(11-10-18)13-15-4-2-14(12-17)3-5-15/h2-5H,1,7-11,13H2. The molecular formula is C15H18N4. The molecule has 0 aliphatic carbocycles. The van der Waals surface area contributed by atoms with E-state index in [1.807, 2.05) is 24.3 Å². The van der Waals surface area contributed by atoms with Crippen LogP contribution in [0.1, 0.15) is 17.5 Å². The van der Waals surface area contributed by atoms with Crippen molar-refractivity contribution in [1.82, 2.24) is 9.80 Å². The van der Waals surface area contributed by atoms with Crippen LogP contribution in [0.2, 0.25) is 0 Å². The van der Waals surface area contributed by atoms with Gasteiger partial charge < -0.3 is 0 Å². The highest BCUT2D eigenvalue weighted by Gasteiger charge is 2.14. The second kappa shape index (κ2) is 6.89. The Balaban J connectivity index is 1.89. The minimum absolute atomic E-state index is 0.532. The van der Waals surface area contributed by atoms with E-state index in [1.165, 1.54) is 5.56 Å². The summed E-state index contributed by atoms with van der Waals surface area (Å²) >= 11 is 0. The van der Waals surface area contributed by atoms with Gasteiger partial charge in [0, 0.05) is 26.2 Å². The Morgan fingerprint density at radius 1 is 0.947 bits per heavy atom. The van der Waals surface area contributed by atoms with E-state index >= 15 is 0 Å². The number of nitriles is 2. The molecule has 4 heteroatoms. The molecule has 0 amide bonds. The van der Waals surface area contributed by atoms with Crippen LogP contribution in [0.3, 0.4) is 0 Å². The average molecular weight is 254 g/mol. The maximum atomic E-state index is 8.77. The van der Waals surface area contributed by atoms with Crippen LogP contribution in [0.15, 0.2) is 24.3 Å². The van der Waals surface area contributed by atoms with Gasteiger partial charge in [-0.15, -0.1) is 0 Å². The molecule has 1 aliphatic heterocycles. The van der Waals surface area contributed by atoms with E-state index < -0.39 is 0 Å². The summed E-state index contributed by atoms with van der Waals surface area (Å²) in [5, 5.41) is 17.5. The minimum Gasteiger partial charge on any atom is -0.298 e. The maximum absolute atomic E-state index is 8.77. The predicted octanol–water partition coefficient (Wildman–Crippen LogP) is 1.59. The van der Waals surface area contributed by atoms with Gasteiger partial charge in [0.15, 0.2) is 0 Å². The lowest BCUT2D eigenvalue weighted by Gasteiger charge is -2.20. The number of rotatable bonds is 3. The Bertz CT molecular complexity index is 480. The SMILES string of the molecule is N#CCN1CCCN(Cc2ccc(C#N)cc2)CC1. The van der Waals surface area contributed by atoms with Crippen molar-refractivity contribution in [2.45, 2.75) is 13.0 Å². The topological polar surface area (TPSA) is 54.1 Å². The van der Waals surface area contributed by atoms with Crippen molar-refractivity contribution in [3.05, 3.63) is 35.4 Å². The zero-order valence-electron chi connectivity index (χ0n) is 11.0. The van der Waals surface area contributed by atoms with E-state index in [2.05, 4.69) is 21.9 Å². The lowest BCUT2D eigenvalue weighted by atomic mass is 10.1. The summed E-state index contributed by atoms with van der Waals surface area (Å²) in [6, 6.07) is 12.1. The van der Waals surface area contributed by atoms with E-state index in [-0.39, 0.29) is 0 Å². The molecule has 1 heterocycles. The normalized spacial score (nSPS) is 17.4. The van der Waals surface area contributed by atoms with Crippen LogP contribution in [0.5, 0.6) is 0 Å². The van der Waals surface area contributed by atoms with E-state index in [0.717, 1.165) is 39.1 Å². The Kier molecular flexibility index (Phi) is 4.92. The van der Waals surface area contributed by atoms with Crippen molar-refractivity contribution in [2.75, 3.05) is 32.7 Å². The fourth-order valence-corrected chi connectivity index (χ4v) is 2.38. The van der Waals surface area contributed by atoms with Crippen LogP contribution in [0.25, 0.3) is 0 Å². The molecule has 0 bridgehead atoms. The zero-order chi connectivity index (χ0) is 13.5. The first kappa shape index (κ1) is 13.5. The fourth-order valence-electron chi connectivity index (χ4n) is 2.38. The van der Waals surface area contributed by atoms with Gasteiger partial charge in [0.1, 0.15) is 0 Å². The first-order chi connectivity index (χ1) is 9.31. The molecule has 4 nitrogen and oxygen atoms in total. The minimum atomic E-state index is 0.532. The highest BCUT2D eigenvalue weighted by molar-refractivity contribution is 5.31. The third-order valence-electron chi connectivity index (χ3n) is 3.46. The van der Waals surface area contributed by atoms with Gasteiger partial charge in [-0.1, -0.05) is 12.1 Å². The van der Waals surface area contributed by atoms with Crippen LogP contribution in [0, 0.1) is 22.7 Å². The molecule has 19 heavy (non-hydrogen) atoms. The van der Waals surface area contributed by atoms with E-state index in [1.54, 1.807) is 0 Å². The van der Waals surface area contributed by atoms with Gasteiger partial charge in [-0.25, -0.2) is 0 Å². The second-order valence-corrected chi connectivity index (χ2v) is 4.87. The van der Waals surface area contributed by atoms with Gasteiger partial charge >= 0.3 is 0 Å². The van der Waals surface area contributed by atoms with Crippen LogP contribution >= 0.6 is 0 Å². The molecule has 0 saturated carbocycles. The highest BCUT2D eigenvalue weighted by Crippen LogP contribution is 2.10. The number of benzene rings is 1. The first-order valence-electron chi connectivity index (χ1n) is 6.62. The van der Waals surface area contributed by atoms with Crippen LogP contribution in [-0.2, 0) is 6.54 Å². The molecule has 1 aromatic carbocycles. The molecule has 1 aromatic rings. The van der Waals surface area contributed by atoms with Crippen molar-refractivity contribution < 1.29 is 0 Å². The lowest BCUT2D eigenvalue weighted by molar-refractivity contribution is 0.263. The molecule has 0 radical (unpaired) electrons. The molecule has 0 N–H and O–H groups in total. The van der Waals surface area contributed by atoms with Crippen LogP contribution < -0.4 is 0 Å². The van der Waals surface area contributed by atoms with E-state index in [9.17, 15) is 0 Å². The fraction of sp³-hybridized carbons (Fsp3) is 0.467. The summed E-state index contributed by atoms with van der Waals surface area (Å²) in [7, 11) is 0. The van der Waals surface area contributed by atoms with E-state index in [0.29, 0.717) is 12.1 Å². The van der Waals surface area contributed by atoms with E-state index in [4.69, 9.17) is 10.5 Å². The molecule has 2 rings (SSSR count). The molecule has 1 saturated heterocycles. The summed E-state index contributed by atoms with van der Waals surface area (Å²) in [5.74, 6) is 0. The monoisotopic (exact) mass is 254 g/mol. The molecule has 0 atom stereocenters. The zero-order valence-corrected chi connectivity index (χ0v) is 11.0. The Morgan fingerprint density at radius 3 is 2.32 bits per heavy atom. The third-order valence-corrected chi connectivity index (χ3v) is 3.46. The molecule has 0 spiro atoms. The second-order valence-electron chi connectivity index (χ2n) is 4.87. The van der Waals surface area contributed by atoms with Crippen LogP contribution in [-0.4, -0.2) is 42.5 Å². The largest absolute Gasteiger partial charge is 0.298 e. The lowest BCUT2D eigenvalue weighted by Crippen LogP contribution is -2.30. The van der Waals surface area contributed by atoms with Crippen molar-refractivity contribution in [1.29, 1.82) is 10.5 Å². The first-order valence-corrected chi connectivity index (χ1v) is 6.62. The summed E-state index contributed by atoms with van der Waals surface area (Å²) in [5.41, 5.74) is 1.95.